The number of benzene rings is 2. The minimum absolute atomic E-state index is 0.109. The second-order valence-corrected chi connectivity index (χ2v) is 8.23. The van der Waals surface area contributed by atoms with Crippen molar-refractivity contribution < 1.29 is 18.0 Å². The van der Waals surface area contributed by atoms with E-state index in [1.807, 2.05) is 0 Å². The number of ketones is 1. The molecule has 0 fully saturated rings. The Labute approximate surface area is 189 Å². The van der Waals surface area contributed by atoms with Gasteiger partial charge in [-0.1, -0.05) is 60.1 Å². The van der Waals surface area contributed by atoms with E-state index in [0.717, 1.165) is 11.3 Å². The Morgan fingerprint density at radius 1 is 1.00 bits per heavy atom. The Morgan fingerprint density at radius 2 is 1.69 bits per heavy atom. The van der Waals surface area contributed by atoms with Gasteiger partial charge in [-0.05, 0) is 29.1 Å². The van der Waals surface area contributed by atoms with E-state index >= 15 is 0 Å². The van der Waals surface area contributed by atoms with Gasteiger partial charge < -0.3 is 0 Å². The van der Waals surface area contributed by atoms with Crippen LogP contribution in [0, 0.1) is 0 Å². The van der Waals surface area contributed by atoms with Gasteiger partial charge in [0, 0.05) is 10.6 Å². The lowest BCUT2D eigenvalue weighted by Gasteiger charge is -2.20. The molecule has 9 heteroatoms. The largest absolute Gasteiger partial charge is 0.432 e. The van der Waals surface area contributed by atoms with Gasteiger partial charge in [-0.15, -0.1) is 11.3 Å². The van der Waals surface area contributed by atoms with Crippen LogP contribution in [-0.2, 0) is 12.7 Å². The summed E-state index contributed by atoms with van der Waals surface area (Å²) in [7, 11) is 0. The SMILES string of the molecule is O=C(c1cccs1)c1c(-c2ccc(Cl)cc2)nc(=O)n(Cc2ccccc2)c1C(F)(F)F. The van der Waals surface area contributed by atoms with Crippen LogP contribution >= 0.6 is 22.9 Å². The molecule has 162 valence electrons. The number of carbonyl (C=O) groups excluding carboxylic acids is 1. The molecule has 4 aromatic rings. The summed E-state index contributed by atoms with van der Waals surface area (Å²) < 4.78 is 43.7. The third kappa shape index (κ3) is 4.37. The van der Waals surface area contributed by atoms with Crippen LogP contribution < -0.4 is 5.69 Å². The predicted molar refractivity (Wildman–Crippen MR) is 117 cm³/mol. The molecule has 0 spiro atoms. The summed E-state index contributed by atoms with van der Waals surface area (Å²) in [6.07, 6.45) is -4.99. The zero-order valence-electron chi connectivity index (χ0n) is 16.3. The van der Waals surface area contributed by atoms with Crippen LogP contribution in [0.5, 0.6) is 0 Å². The van der Waals surface area contributed by atoms with Gasteiger partial charge in [0.1, 0.15) is 5.69 Å². The van der Waals surface area contributed by atoms with Crippen molar-refractivity contribution in [2.24, 2.45) is 0 Å². The maximum absolute atomic E-state index is 14.4. The molecule has 4 rings (SSSR count). The first-order chi connectivity index (χ1) is 15.3. The Bertz CT molecular complexity index is 1320. The monoisotopic (exact) mass is 474 g/mol. The average Bonchev–Trinajstić information content (AvgIpc) is 3.30. The number of hydrogen-bond acceptors (Lipinski definition) is 4. The summed E-state index contributed by atoms with van der Waals surface area (Å²) in [5, 5.41) is 1.95. The number of alkyl halides is 3. The van der Waals surface area contributed by atoms with Crippen molar-refractivity contribution in [3.05, 3.63) is 109 Å². The van der Waals surface area contributed by atoms with Crippen LogP contribution in [0.25, 0.3) is 11.3 Å². The summed E-state index contributed by atoms with van der Waals surface area (Å²) in [6, 6.07) is 17.0. The lowest BCUT2D eigenvalue weighted by atomic mass is 9.99. The number of carbonyl (C=O) groups is 1. The highest BCUT2D eigenvalue weighted by atomic mass is 35.5. The van der Waals surface area contributed by atoms with Gasteiger partial charge in [0.15, 0.2) is 0 Å². The van der Waals surface area contributed by atoms with Gasteiger partial charge in [0.2, 0.25) is 5.78 Å². The highest BCUT2D eigenvalue weighted by molar-refractivity contribution is 7.12. The smallest absolute Gasteiger partial charge is 0.288 e. The molecule has 0 aliphatic carbocycles. The molecule has 0 unspecified atom stereocenters. The number of rotatable bonds is 5. The minimum atomic E-state index is -4.99. The fourth-order valence-electron chi connectivity index (χ4n) is 3.32. The molecule has 0 bridgehead atoms. The van der Waals surface area contributed by atoms with Crippen molar-refractivity contribution in [3.63, 3.8) is 0 Å². The Morgan fingerprint density at radius 3 is 2.28 bits per heavy atom. The average molecular weight is 475 g/mol. The molecule has 0 aliphatic rings. The molecular weight excluding hydrogens is 461 g/mol. The molecule has 2 aromatic carbocycles. The number of aromatic nitrogens is 2. The first-order valence-corrected chi connectivity index (χ1v) is 10.6. The predicted octanol–water partition coefficient (Wildman–Crippen LogP) is 5.92. The van der Waals surface area contributed by atoms with Crippen molar-refractivity contribution in [2.45, 2.75) is 12.7 Å². The van der Waals surface area contributed by atoms with E-state index in [1.54, 1.807) is 41.8 Å². The highest BCUT2D eigenvalue weighted by Gasteiger charge is 2.42. The van der Waals surface area contributed by atoms with Gasteiger partial charge in [0.05, 0.1) is 22.7 Å². The molecule has 0 aliphatic heterocycles. The van der Waals surface area contributed by atoms with Crippen molar-refractivity contribution in [1.82, 2.24) is 9.55 Å². The first-order valence-electron chi connectivity index (χ1n) is 9.36. The van der Waals surface area contributed by atoms with E-state index in [1.165, 1.54) is 30.3 Å². The molecule has 32 heavy (non-hydrogen) atoms. The maximum Gasteiger partial charge on any atom is 0.432 e. The van der Waals surface area contributed by atoms with E-state index in [9.17, 15) is 22.8 Å². The van der Waals surface area contributed by atoms with Gasteiger partial charge in [0.25, 0.3) is 0 Å². The van der Waals surface area contributed by atoms with Crippen LogP contribution in [0.1, 0.15) is 26.5 Å². The zero-order chi connectivity index (χ0) is 22.9. The molecular formula is C23H14ClF3N2O2S. The fraction of sp³-hybridized carbons (Fsp3) is 0.0870. The van der Waals surface area contributed by atoms with Gasteiger partial charge in [-0.3, -0.25) is 9.36 Å². The Hall–Kier alpha value is -3.23. The van der Waals surface area contributed by atoms with Crippen molar-refractivity contribution in [2.75, 3.05) is 0 Å². The first kappa shape index (κ1) is 22.0. The molecule has 4 nitrogen and oxygen atoms in total. The van der Waals surface area contributed by atoms with Gasteiger partial charge in [-0.2, -0.15) is 18.2 Å². The summed E-state index contributed by atoms with van der Waals surface area (Å²) in [5.74, 6) is -0.855. The van der Waals surface area contributed by atoms with E-state index in [-0.39, 0.29) is 22.7 Å². The van der Waals surface area contributed by atoms with Crippen molar-refractivity contribution in [3.8, 4) is 11.3 Å². The third-order valence-corrected chi connectivity index (χ3v) is 5.84. The lowest BCUT2D eigenvalue weighted by Crippen LogP contribution is -2.34. The van der Waals surface area contributed by atoms with E-state index < -0.39 is 28.9 Å². The van der Waals surface area contributed by atoms with E-state index in [2.05, 4.69) is 4.98 Å². The standard InChI is InChI=1S/C23H14ClF3N2O2S/c24-16-10-8-15(9-11-16)19-18(20(30)17-7-4-12-32-17)21(23(25,26)27)29(22(31)28-19)13-14-5-2-1-3-6-14/h1-12H,13H2. The second kappa shape index (κ2) is 8.72. The topological polar surface area (TPSA) is 52.0 Å². The van der Waals surface area contributed by atoms with E-state index in [4.69, 9.17) is 11.6 Å². The van der Waals surface area contributed by atoms with E-state index in [0.29, 0.717) is 15.2 Å². The minimum Gasteiger partial charge on any atom is -0.288 e. The molecule has 0 atom stereocenters. The Kier molecular flexibility index (Phi) is 5.99. The quantitative estimate of drug-likeness (QED) is 0.337. The molecule has 0 amide bonds. The lowest BCUT2D eigenvalue weighted by molar-refractivity contribution is -0.144. The highest BCUT2D eigenvalue weighted by Crippen LogP contribution is 2.37. The van der Waals surface area contributed by atoms with Gasteiger partial charge >= 0.3 is 11.9 Å². The maximum atomic E-state index is 14.4. The summed E-state index contributed by atoms with van der Waals surface area (Å²) in [6.45, 7) is -0.382. The third-order valence-electron chi connectivity index (χ3n) is 4.72. The summed E-state index contributed by atoms with van der Waals surface area (Å²) >= 11 is 6.91. The zero-order valence-corrected chi connectivity index (χ0v) is 17.8. The normalized spacial score (nSPS) is 11.5. The fourth-order valence-corrected chi connectivity index (χ4v) is 4.12. The van der Waals surface area contributed by atoms with Crippen LogP contribution in [0.4, 0.5) is 13.2 Å². The number of nitrogens with zero attached hydrogens (tertiary/aromatic N) is 2. The molecule has 0 N–H and O–H groups in total. The van der Waals surface area contributed by atoms with Crippen LogP contribution in [-0.4, -0.2) is 15.3 Å². The second-order valence-electron chi connectivity index (χ2n) is 6.85. The van der Waals surface area contributed by atoms with Crippen LogP contribution in [0.15, 0.2) is 76.9 Å². The van der Waals surface area contributed by atoms with Crippen LogP contribution in [0.2, 0.25) is 5.02 Å². The number of thiophene rings is 1. The van der Waals surface area contributed by atoms with Crippen molar-refractivity contribution >= 4 is 28.7 Å². The number of halogens is 4. The summed E-state index contributed by atoms with van der Waals surface area (Å²) in [5.41, 5.74) is -2.78. The number of hydrogen-bond donors (Lipinski definition) is 0. The van der Waals surface area contributed by atoms with Crippen LogP contribution in [0.3, 0.4) is 0 Å². The Balaban J connectivity index is 2.05. The van der Waals surface area contributed by atoms with Gasteiger partial charge in [-0.25, -0.2) is 4.79 Å². The van der Waals surface area contributed by atoms with Crippen molar-refractivity contribution in [1.29, 1.82) is 0 Å². The molecule has 0 radical (unpaired) electrons. The summed E-state index contributed by atoms with van der Waals surface area (Å²) in [4.78, 5) is 30.1. The molecule has 2 heterocycles. The molecule has 2 aromatic heterocycles. The molecule has 0 saturated heterocycles. The molecule has 0 saturated carbocycles.